The van der Waals surface area contributed by atoms with Crippen molar-refractivity contribution in [1.29, 1.82) is 0 Å². The molecule has 0 atom stereocenters. The Balaban J connectivity index is 0.00000180. The second-order valence-electron chi connectivity index (χ2n) is 3.86. The van der Waals surface area contributed by atoms with Crippen molar-refractivity contribution in [2.24, 2.45) is 0 Å². The van der Waals surface area contributed by atoms with Gasteiger partial charge >= 0.3 is 7.12 Å². The highest BCUT2D eigenvalue weighted by atomic mass is 35.5. The molecule has 0 heterocycles. The smallest absolute Gasteiger partial charge is 0.488 e. The Morgan fingerprint density at radius 3 is 2.61 bits per heavy atom. The van der Waals surface area contributed by atoms with Crippen LogP contribution in [0.4, 0.5) is 0 Å². The maximum atomic E-state index is 9.05. The van der Waals surface area contributed by atoms with E-state index in [1.165, 1.54) is 0 Å². The van der Waals surface area contributed by atoms with E-state index in [0.29, 0.717) is 22.8 Å². The molecule has 0 radical (unpaired) electrons. The lowest BCUT2D eigenvalue weighted by molar-refractivity contribution is 0.306. The van der Waals surface area contributed by atoms with Gasteiger partial charge in [0.25, 0.3) is 0 Å². The van der Waals surface area contributed by atoms with Crippen LogP contribution in [0.15, 0.2) is 48.5 Å². The highest BCUT2D eigenvalue weighted by Gasteiger charge is 2.10. The van der Waals surface area contributed by atoms with Gasteiger partial charge in [-0.25, -0.2) is 0 Å². The molecule has 0 aliphatic heterocycles. The lowest BCUT2D eigenvalue weighted by Gasteiger charge is -2.08. The van der Waals surface area contributed by atoms with Crippen molar-refractivity contribution in [3.05, 3.63) is 59.1 Å². The van der Waals surface area contributed by atoms with Gasteiger partial charge in [-0.1, -0.05) is 35.9 Å². The highest BCUT2D eigenvalue weighted by molar-refractivity contribution is 6.58. The van der Waals surface area contributed by atoms with Crippen LogP contribution in [0.2, 0.25) is 5.02 Å². The molecule has 3 nitrogen and oxygen atoms in total. The van der Waals surface area contributed by atoms with Gasteiger partial charge in [-0.2, -0.15) is 0 Å². The van der Waals surface area contributed by atoms with E-state index in [1.54, 1.807) is 30.3 Å². The fraction of sp³-hybridized carbons (Fsp3) is 0.0769. The molecular formula is C13H16BClO3. The van der Waals surface area contributed by atoms with Gasteiger partial charge in [0.2, 0.25) is 0 Å². The van der Waals surface area contributed by atoms with Gasteiger partial charge in [-0.05, 0) is 35.3 Å². The molecule has 2 N–H and O–H groups in total. The van der Waals surface area contributed by atoms with E-state index >= 15 is 0 Å². The molecule has 96 valence electrons. The summed E-state index contributed by atoms with van der Waals surface area (Å²) in [7, 11) is -1.49. The highest BCUT2D eigenvalue weighted by Crippen LogP contribution is 2.14. The standard InChI is InChI=1S/C13H12BClO3.2H2/c15-12-5-1-3-10(7-12)9-18-13-6-2-4-11(8-13)14(16)17;;/h1-8,16-17H,9H2;2*1H. The molecule has 0 unspecified atom stereocenters. The van der Waals surface area contributed by atoms with Crippen molar-refractivity contribution in [2.75, 3.05) is 0 Å². The summed E-state index contributed by atoms with van der Waals surface area (Å²) < 4.78 is 5.56. The predicted octanol–water partition coefficient (Wildman–Crippen LogP) is 2.09. The topological polar surface area (TPSA) is 49.7 Å². The third-order valence-electron chi connectivity index (χ3n) is 2.45. The quantitative estimate of drug-likeness (QED) is 0.833. The van der Waals surface area contributed by atoms with Gasteiger partial charge in [-0.3, -0.25) is 0 Å². The van der Waals surface area contributed by atoms with Crippen LogP contribution in [0.5, 0.6) is 5.75 Å². The number of halogens is 1. The number of hydrogen-bond acceptors (Lipinski definition) is 3. The molecule has 2 aromatic carbocycles. The van der Waals surface area contributed by atoms with Crippen LogP contribution in [0.1, 0.15) is 8.42 Å². The van der Waals surface area contributed by atoms with Gasteiger partial charge in [0.05, 0.1) is 0 Å². The van der Waals surface area contributed by atoms with Gasteiger partial charge in [0.1, 0.15) is 12.4 Å². The van der Waals surface area contributed by atoms with E-state index in [2.05, 4.69) is 0 Å². The maximum absolute atomic E-state index is 9.05. The van der Waals surface area contributed by atoms with Crippen molar-refractivity contribution >= 4 is 24.2 Å². The zero-order valence-electron chi connectivity index (χ0n) is 9.58. The summed E-state index contributed by atoms with van der Waals surface area (Å²) in [6, 6.07) is 14.1. The Hall–Kier alpha value is -1.49. The summed E-state index contributed by atoms with van der Waals surface area (Å²) in [5.74, 6) is 0.584. The Kier molecular flexibility index (Phi) is 4.26. The van der Waals surface area contributed by atoms with Crippen molar-refractivity contribution in [1.82, 2.24) is 0 Å². The largest absolute Gasteiger partial charge is 0.489 e. The molecule has 18 heavy (non-hydrogen) atoms. The first-order valence-electron chi connectivity index (χ1n) is 5.48. The number of hydrogen-bond donors (Lipinski definition) is 2. The molecule has 0 aliphatic rings. The maximum Gasteiger partial charge on any atom is 0.488 e. The Morgan fingerprint density at radius 2 is 1.89 bits per heavy atom. The van der Waals surface area contributed by atoms with Gasteiger partial charge in [0, 0.05) is 7.88 Å². The normalized spacial score (nSPS) is 10.2. The predicted molar refractivity (Wildman–Crippen MR) is 76.3 cm³/mol. The Bertz CT molecular complexity index is 541. The fourth-order valence-corrected chi connectivity index (χ4v) is 1.77. The summed E-state index contributed by atoms with van der Waals surface area (Å²) in [5, 5.41) is 18.8. The molecule has 0 saturated heterocycles. The van der Waals surface area contributed by atoms with Crippen LogP contribution in [-0.2, 0) is 6.61 Å². The molecule has 5 heteroatoms. The van der Waals surface area contributed by atoms with E-state index in [-0.39, 0.29) is 2.85 Å². The minimum absolute atomic E-state index is 0. The van der Waals surface area contributed by atoms with Crippen molar-refractivity contribution in [2.45, 2.75) is 6.61 Å². The van der Waals surface area contributed by atoms with E-state index in [0.717, 1.165) is 5.56 Å². The molecule has 0 amide bonds. The third-order valence-corrected chi connectivity index (χ3v) is 2.69. The zero-order valence-corrected chi connectivity index (χ0v) is 10.3. The lowest BCUT2D eigenvalue weighted by atomic mass is 9.80. The van der Waals surface area contributed by atoms with Crippen LogP contribution >= 0.6 is 11.6 Å². The lowest BCUT2D eigenvalue weighted by Crippen LogP contribution is -2.29. The fourth-order valence-electron chi connectivity index (χ4n) is 1.56. The van der Waals surface area contributed by atoms with Crippen LogP contribution < -0.4 is 10.2 Å². The van der Waals surface area contributed by atoms with Gasteiger partial charge in [-0.15, -0.1) is 0 Å². The van der Waals surface area contributed by atoms with Gasteiger partial charge in [0.15, 0.2) is 0 Å². The van der Waals surface area contributed by atoms with Crippen LogP contribution in [-0.4, -0.2) is 17.2 Å². The molecule has 0 aromatic heterocycles. The SMILES string of the molecule is OB(O)c1cccc(OCc2cccc(Cl)c2)c1.[HH].[HH]. The first-order chi connectivity index (χ1) is 8.65. The molecular weight excluding hydrogens is 250 g/mol. The summed E-state index contributed by atoms with van der Waals surface area (Å²) in [6.45, 7) is 0.380. The van der Waals surface area contributed by atoms with Crippen molar-refractivity contribution < 1.29 is 17.6 Å². The van der Waals surface area contributed by atoms with Crippen molar-refractivity contribution in [3.8, 4) is 5.75 Å². The molecule has 0 bridgehead atoms. The summed E-state index contributed by atoms with van der Waals surface area (Å²) in [5.41, 5.74) is 1.36. The van der Waals surface area contributed by atoms with Crippen molar-refractivity contribution in [3.63, 3.8) is 0 Å². The molecule has 2 aromatic rings. The Labute approximate surface area is 114 Å². The van der Waals surface area contributed by atoms with Crippen LogP contribution in [0.25, 0.3) is 0 Å². The van der Waals surface area contributed by atoms with E-state index in [1.807, 2.05) is 18.2 Å². The average Bonchev–Trinajstić information content (AvgIpc) is 2.37. The second kappa shape index (κ2) is 5.91. The minimum atomic E-state index is -1.49. The molecule has 2 rings (SSSR count). The zero-order chi connectivity index (χ0) is 13.0. The molecule has 0 aliphatic carbocycles. The average molecular weight is 267 g/mol. The van der Waals surface area contributed by atoms with E-state index in [4.69, 9.17) is 26.4 Å². The summed E-state index contributed by atoms with van der Waals surface area (Å²) in [4.78, 5) is 0. The van der Waals surface area contributed by atoms with Crippen LogP contribution in [0.3, 0.4) is 0 Å². The first kappa shape index (κ1) is 13.0. The summed E-state index contributed by atoms with van der Waals surface area (Å²) in [6.07, 6.45) is 0. The summed E-state index contributed by atoms with van der Waals surface area (Å²) >= 11 is 5.87. The molecule has 0 fully saturated rings. The van der Waals surface area contributed by atoms with Gasteiger partial charge < -0.3 is 14.8 Å². The molecule has 0 spiro atoms. The number of benzene rings is 2. The van der Waals surface area contributed by atoms with E-state index < -0.39 is 7.12 Å². The first-order valence-corrected chi connectivity index (χ1v) is 5.86. The number of rotatable bonds is 4. The third kappa shape index (κ3) is 3.50. The Morgan fingerprint density at radius 1 is 1.11 bits per heavy atom. The monoisotopic (exact) mass is 266 g/mol. The minimum Gasteiger partial charge on any atom is -0.489 e. The number of ether oxygens (including phenoxy) is 1. The van der Waals surface area contributed by atoms with E-state index in [9.17, 15) is 0 Å². The second-order valence-corrected chi connectivity index (χ2v) is 4.30. The van der Waals surface area contributed by atoms with Crippen LogP contribution in [0, 0.1) is 0 Å². The molecule has 0 saturated carbocycles.